The highest BCUT2D eigenvalue weighted by Crippen LogP contribution is 2.22. The monoisotopic (exact) mass is 340 g/mol. The van der Waals surface area contributed by atoms with Crippen LogP contribution < -0.4 is 5.32 Å². The molecule has 0 bridgehead atoms. The molecule has 16 heavy (non-hydrogen) atoms. The number of anilines is 1. The number of nitrogens with one attached hydrogen (secondary N) is 1. The third-order valence-electron chi connectivity index (χ3n) is 2.12. The number of hydrogen-bond donors (Lipinski definition) is 1. The minimum atomic E-state index is 0.759. The van der Waals surface area contributed by atoms with E-state index >= 15 is 0 Å². The first-order valence-corrected chi connectivity index (χ1v) is 6.42. The molecule has 0 atom stereocenters. The lowest BCUT2D eigenvalue weighted by molar-refractivity contribution is 1.10. The van der Waals surface area contributed by atoms with Gasteiger partial charge in [-0.25, -0.2) is 0 Å². The van der Waals surface area contributed by atoms with E-state index in [1.807, 2.05) is 30.5 Å². The fourth-order valence-electron chi connectivity index (χ4n) is 1.35. The maximum absolute atomic E-state index is 4.12. The second-order valence-corrected chi connectivity index (χ2v) is 5.11. The van der Waals surface area contributed by atoms with Gasteiger partial charge < -0.3 is 5.32 Å². The summed E-state index contributed by atoms with van der Waals surface area (Å²) in [6.07, 6.45) is 3.64. The van der Waals surface area contributed by atoms with Crippen LogP contribution in [0.2, 0.25) is 0 Å². The lowest BCUT2D eigenvalue weighted by Crippen LogP contribution is -2.00. The Balaban J connectivity index is 2.05. The average molecular weight is 342 g/mol. The van der Waals surface area contributed by atoms with Crippen molar-refractivity contribution in [1.82, 2.24) is 4.98 Å². The van der Waals surface area contributed by atoms with E-state index in [1.54, 1.807) is 6.20 Å². The molecule has 0 aliphatic carbocycles. The van der Waals surface area contributed by atoms with Crippen LogP contribution in [0.5, 0.6) is 0 Å². The van der Waals surface area contributed by atoms with E-state index in [2.05, 4.69) is 48.2 Å². The fraction of sp³-hybridized carbons (Fsp3) is 0.0833. The molecule has 4 heteroatoms. The summed E-state index contributed by atoms with van der Waals surface area (Å²) < 4.78 is 2.07. The molecule has 0 spiro atoms. The summed E-state index contributed by atoms with van der Waals surface area (Å²) >= 11 is 6.90. The van der Waals surface area contributed by atoms with Crippen LogP contribution in [0.25, 0.3) is 0 Å². The van der Waals surface area contributed by atoms with Crippen LogP contribution >= 0.6 is 31.9 Å². The number of nitrogens with zero attached hydrogens (tertiary/aromatic N) is 1. The number of aromatic nitrogens is 1. The van der Waals surface area contributed by atoms with Crippen LogP contribution in [-0.2, 0) is 6.54 Å². The van der Waals surface area contributed by atoms with Crippen molar-refractivity contribution in [3.8, 4) is 0 Å². The van der Waals surface area contributed by atoms with Gasteiger partial charge in [-0.15, -0.1) is 0 Å². The molecule has 1 aromatic carbocycles. The number of benzene rings is 1. The highest BCUT2D eigenvalue weighted by molar-refractivity contribution is 9.10. The van der Waals surface area contributed by atoms with Gasteiger partial charge in [-0.2, -0.15) is 0 Å². The zero-order valence-corrected chi connectivity index (χ0v) is 11.6. The SMILES string of the molecule is Brc1cncc(CNc2ccccc2Br)c1. The summed E-state index contributed by atoms with van der Waals surface area (Å²) in [5, 5.41) is 3.35. The van der Waals surface area contributed by atoms with E-state index in [9.17, 15) is 0 Å². The van der Waals surface area contributed by atoms with Crippen molar-refractivity contribution < 1.29 is 0 Å². The smallest absolute Gasteiger partial charge is 0.0487 e. The van der Waals surface area contributed by atoms with Crippen molar-refractivity contribution in [2.24, 2.45) is 0 Å². The number of para-hydroxylation sites is 1. The number of rotatable bonds is 3. The fourth-order valence-corrected chi connectivity index (χ4v) is 2.19. The maximum Gasteiger partial charge on any atom is 0.0487 e. The molecule has 1 N–H and O–H groups in total. The van der Waals surface area contributed by atoms with E-state index < -0.39 is 0 Å². The van der Waals surface area contributed by atoms with Crippen molar-refractivity contribution in [3.63, 3.8) is 0 Å². The molecular formula is C12H10Br2N2. The van der Waals surface area contributed by atoms with E-state index in [4.69, 9.17) is 0 Å². The Morgan fingerprint density at radius 2 is 1.94 bits per heavy atom. The first-order valence-electron chi connectivity index (χ1n) is 4.83. The van der Waals surface area contributed by atoms with Gasteiger partial charge in [-0.3, -0.25) is 4.98 Å². The van der Waals surface area contributed by atoms with Gasteiger partial charge in [0.05, 0.1) is 0 Å². The second-order valence-electron chi connectivity index (χ2n) is 3.34. The molecule has 0 saturated heterocycles. The summed E-state index contributed by atoms with van der Waals surface area (Å²) in [7, 11) is 0. The first kappa shape index (κ1) is 11.6. The summed E-state index contributed by atoms with van der Waals surface area (Å²) in [4.78, 5) is 4.12. The Morgan fingerprint density at radius 1 is 1.12 bits per heavy atom. The van der Waals surface area contributed by atoms with Crippen molar-refractivity contribution in [2.75, 3.05) is 5.32 Å². The van der Waals surface area contributed by atoms with E-state index in [0.29, 0.717) is 0 Å². The van der Waals surface area contributed by atoms with Gasteiger partial charge in [0, 0.05) is 33.6 Å². The van der Waals surface area contributed by atoms with Gasteiger partial charge in [0.15, 0.2) is 0 Å². The molecule has 2 rings (SSSR count). The van der Waals surface area contributed by atoms with Crippen LogP contribution in [-0.4, -0.2) is 4.98 Å². The van der Waals surface area contributed by atoms with Crippen molar-refractivity contribution >= 4 is 37.5 Å². The van der Waals surface area contributed by atoms with Crippen LogP contribution in [0.15, 0.2) is 51.7 Å². The molecule has 82 valence electrons. The first-order chi connectivity index (χ1) is 7.75. The van der Waals surface area contributed by atoms with Crippen LogP contribution in [0, 0.1) is 0 Å². The summed E-state index contributed by atoms with van der Waals surface area (Å²) in [6.45, 7) is 0.759. The van der Waals surface area contributed by atoms with Crippen molar-refractivity contribution in [1.29, 1.82) is 0 Å². The summed E-state index contributed by atoms with van der Waals surface area (Å²) in [5.41, 5.74) is 2.23. The number of halogens is 2. The van der Waals surface area contributed by atoms with E-state index in [0.717, 1.165) is 26.7 Å². The second kappa shape index (κ2) is 5.46. The molecule has 2 nitrogen and oxygen atoms in total. The van der Waals surface area contributed by atoms with E-state index in [-0.39, 0.29) is 0 Å². The molecule has 0 aliphatic heterocycles. The van der Waals surface area contributed by atoms with Gasteiger partial charge in [-0.1, -0.05) is 12.1 Å². The zero-order chi connectivity index (χ0) is 11.4. The van der Waals surface area contributed by atoms with Gasteiger partial charge in [0.2, 0.25) is 0 Å². The van der Waals surface area contributed by atoms with Gasteiger partial charge in [0.1, 0.15) is 0 Å². The van der Waals surface area contributed by atoms with Crippen LogP contribution in [0.1, 0.15) is 5.56 Å². The Labute approximate surface area is 111 Å². The third-order valence-corrected chi connectivity index (χ3v) is 3.24. The molecule has 2 aromatic rings. The maximum atomic E-state index is 4.12. The van der Waals surface area contributed by atoms with Crippen LogP contribution in [0.3, 0.4) is 0 Å². The number of pyridine rings is 1. The molecule has 1 heterocycles. The Morgan fingerprint density at radius 3 is 2.69 bits per heavy atom. The Kier molecular flexibility index (Phi) is 3.96. The lowest BCUT2D eigenvalue weighted by atomic mass is 10.2. The largest absolute Gasteiger partial charge is 0.380 e. The van der Waals surface area contributed by atoms with Crippen LogP contribution in [0.4, 0.5) is 5.69 Å². The average Bonchev–Trinajstić information content (AvgIpc) is 2.28. The standard InChI is InChI=1S/C12H10Br2N2/c13-10-5-9(6-15-8-10)7-16-12-4-2-1-3-11(12)14/h1-6,8,16H,7H2. The molecule has 0 fully saturated rings. The Hall–Kier alpha value is -0.870. The molecule has 0 unspecified atom stereocenters. The summed E-state index contributed by atoms with van der Waals surface area (Å²) in [5.74, 6) is 0. The van der Waals surface area contributed by atoms with Gasteiger partial charge >= 0.3 is 0 Å². The predicted molar refractivity (Wildman–Crippen MR) is 73.4 cm³/mol. The quantitative estimate of drug-likeness (QED) is 0.904. The molecule has 1 aromatic heterocycles. The highest BCUT2D eigenvalue weighted by atomic mass is 79.9. The molecule has 0 aliphatic rings. The predicted octanol–water partition coefficient (Wildman–Crippen LogP) is 4.22. The Bertz CT molecular complexity index is 486. The normalized spacial score (nSPS) is 10.1. The molecular weight excluding hydrogens is 332 g/mol. The lowest BCUT2D eigenvalue weighted by Gasteiger charge is -2.08. The van der Waals surface area contributed by atoms with Gasteiger partial charge in [0.25, 0.3) is 0 Å². The zero-order valence-electron chi connectivity index (χ0n) is 8.45. The third kappa shape index (κ3) is 3.06. The molecule has 0 amide bonds. The molecule has 0 radical (unpaired) electrons. The topological polar surface area (TPSA) is 24.9 Å². The minimum Gasteiger partial charge on any atom is -0.380 e. The van der Waals surface area contributed by atoms with E-state index in [1.165, 1.54) is 0 Å². The van der Waals surface area contributed by atoms with Crippen molar-refractivity contribution in [3.05, 3.63) is 57.2 Å². The number of hydrogen-bond acceptors (Lipinski definition) is 2. The molecule has 0 saturated carbocycles. The highest BCUT2D eigenvalue weighted by Gasteiger charge is 1.98. The summed E-state index contributed by atoms with van der Waals surface area (Å²) in [6, 6.07) is 10.1. The van der Waals surface area contributed by atoms with Crippen molar-refractivity contribution in [2.45, 2.75) is 6.54 Å². The minimum absolute atomic E-state index is 0.759. The van der Waals surface area contributed by atoms with Gasteiger partial charge in [-0.05, 0) is 55.6 Å².